The molecule has 0 saturated heterocycles. The molecule has 7 heteroatoms. The van der Waals surface area contributed by atoms with Crippen molar-refractivity contribution in [2.45, 2.75) is 19.7 Å². The van der Waals surface area contributed by atoms with Gasteiger partial charge < -0.3 is 10.1 Å². The molecule has 0 bridgehead atoms. The smallest absolute Gasteiger partial charge is 0.416 e. The van der Waals surface area contributed by atoms with Gasteiger partial charge in [-0.2, -0.15) is 18.4 Å². The lowest BCUT2D eigenvalue weighted by Gasteiger charge is -2.09. The van der Waals surface area contributed by atoms with Gasteiger partial charge in [-0.15, -0.1) is 0 Å². The standard InChI is InChI=1S/C25H19F3N2O2/c1-17-4-2-5-19(12-17)16-32-23-10-8-18(9-11-23)13-20(15-29)24(31)30-22-7-3-6-21(14-22)25(26,27)28/h2-14H,16H2,1H3,(H,30,31)/b20-13+. The van der Waals surface area contributed by atoms with Crippen molar-refractivity contribution in [1.82, 2.24) is 0 Å². The number of hydrogen-bond acceptors (Lipinski definition) is 3. The molecule has 0 fully saturated rings. The summed E-state index contributed by atoms with van der Waals surface area (Å²) in [6.07, 6.45) is -3.18. The van der Waals surface area contributed by atoms with Gasteiger partial charge in [-0.05, 0) is 54.5 Å². The molecule has 0 atom stereocenters. The van der Waals surface area contributed by atoms with Crippen LogP contribution < -0.4 is 10.1 Å². The van der Waals surface area contributed by atoms with E-state index in [0.29, 0.717) is 17.9 Å². The van der Waals surface area contributed by atoms with Gasteiger partial charge in [0.15, 0.2) is 0 Å². The molecule has 0 heterocycles. The maximum atomic E-state index is 12.8. The number of nitriles is 1. The van der Waals surface area contributed by atoms with Crippen LogP contribution in [-0.2, 0) is 17.6 Å². The molecule has 3 aromatic rings. The van der Waals surface area contributed by atoms with E-state index < -0.39 is 17.6 Å². The molecule has 1 amide bonds. The van der Waals surface area contributed by atoms with E-state index in [2.05, 4.69) is 5.32 Å². The van der Waals surface area contributed by atoms with Crippen molar-refractivity contribution in [3.63, 3.8) is 0 Å². The summed E-state index contributed by atoms with van der Waals surface area (Å²) < 4.78 is 44.2. The van der Waals surface area contributed by atoms with Crippen LogP contribution in [0.2, 0.25) is 0 Å². The van der Waals surface area contributed by atoms with E-state index in [9.17, 15) is 23.2 Å². The third kappa shape index (κ3) is 6.22. The largest absolute Gasteiger partial charge is 0.489 e. The van der Waals surface area contributed by atoms with Crippen LogP contribution in [0.15, 0.2) is 78.4 Å². The summed E-state index contributed by atoms with van der Waals surface area (Å²) in [6.45, 7) is 2.40. The molecule has 3 aromatic carbocycles. The number of alkyl halides is 3. The average Bonchev–Trinajstić information content (AvgIpc) is 2.76. The first-order valence-corrected chi connectivity index (χ1v) is 9.63. The minimum Gasteiger partial charge on any atom is -0.489 e. The number of hydrogen-bond donors (Lipinski definition) is 1. The van der Waals surface area contributed by atoms with Crippen molar-refractivity contribution in [1.29, 1.82) is 5.26 Å². The summed E-state index contributed by atoms with van der Waals surface area (Å²) in [4.78, 5) is 12.4. The summed E-state index contributed by atoms with van der Waals surface area (Å²) in [6, 6.07) is 20.7. The summed E-state index contributed by atoms with van der Waals surface area (Å²) in [5.74, 6) is -0.179. The van der Waals surface area contributed by atoms with E-state index in [1.54, 1.807) is 30.3 Å². The highest BCUT2D eigenvalue weighted by Crippen LogP contribution is 2.30. The number of carbonyl (C=O) groups is 1. The summed E-state index contributed by atoms with van der Waals surface area (Å²) >= 11 is 0. The topological polar surface area (TPSA) is 62.1 Å². The summed E-state index contributed by atoms with van der Waals surface area (Å²) in [5.41, 5.74) is 1.57. The maximum Gasteiger partial charge on any atom is 0.416 e. The van der Waals surface area contributed by atoms with E-state index in [1.807, 2.05) is 31.2 Å². The maximum absolute atomic E-state index is 12.8. The zero-order chi connectivity index (χ0) is 23.1. The molecule has 0 aliphatic heterocycles. The van der Waals surface area contributed by atoms with Gasteiger partial charge >= 0.3 is 6.18 Å². The average molecular weight is 436 g/mol. The van der Waals surface area contributed by atoms with Gasteiger partial charge in [-0.25, -0.2) is 0 Å². The first kappa shape index (κ1) is 22.6. The minimum atomic E-state index is -4.53. The van der Waals surface area contributed by atoms with E-state index in [0.717, 1.165) is 23.3 Å². The fourth-order valence-corrected chi connectivity index (χ4v) is 2.92. The highest BCUT2D eigenvalue weighted by atomic mass is 19.4. The Labute approximate surface area is 183 Å². The van der Waals surface area contributed by atoms with Gasteiger partial charge in [0.05, 0.1) is 5.56 Å². The van der Waals surface area contributed by atoms with E-state index in [4.69, 9.17) is 4.74 Å². The van der Waals surface area contributed by atoms with Crippen LogP contribution in [0.3, 0.4) is 0 Å². The Morgan fingerprint density at radius 3 is 2.44 bits per heavy atom. The Kier molecular flexibility index (Phi) is 6.96. The molecule has 162 valence electrons. The molecule has 0 aliphatic rings. The lowest BCUT2D eigenvalue weighted by Crippen LogP contribution is -2.14. The predicted molar refractivity (Wildman–Crippen MR) is 116 cm³/mol. The molecule has 32 heavy (non-hydrogen) atoms. The molecule has 0 aliphatic carbocycles. The fourth-order valence-electron chi connectivity index (χ4n) is 2.92. The third-order valence-electron chi connectivity index (χ3n) is 4.49. The second-order valence-electron chi connectivity index (χ2n) is 7.05. The normalized spacial score (nSPS) is 11.5. The number of ether oxygens (including phenoxy) is 1. The van der Waals surface area contributed by atoms with Gasteiger partial charge in [-0.1, -0.05) is 48.0 Å². The Balaban J connectivity index is 1.66. The molecular formula is C25H19F3N2O2. The molecular weight excluding hydrogens is 417 g/mol. The number of nitrogens with zero attached hydrogens (tertiary/aromatic N) is 1. The molecule has 3 rings (SSSR count). The number of rotatable bonds is 6. The first-order chi connectivity index (χ1) is 15.2. The van der Waals surface area contributed by atoms with Gasteiger partial charge in [0.25, 0.3) is 5.91 Å². The first-order valence-electron chi connectivity index (χ1n) is 9.63. The van der Waals surface area contributed by atoms with Crippen LogP contribution in [0.25, 0.3) is 6.08 Å². The van der Waals surface area contributed by atoms with Crippen molar-refractivity contribution in [2.75, 3.05) is 5.32 Å². The SMILES string of the molecule is Cc1cccc(COc2ccc(/C=C(\C#N)C(=O)Nc3cccc(C(F)(F)F)c3)cc2)c1. The van der Waals surface area contributed by atoms with Crippen LogP contribution in [-0.4, -0.2) is 5.91 Å². The zero-order valence-corrected chi connectivity index (χ0v) is 17.1. The molecule has 0 saturated carbocycles. The number of benzene rings is 3. The van der Waals surface area contributed by atoms with Crippen LogP contribution >= 0.6 is 0 Å². The highest BCUT2D eigenvalue weighted by molar-refractivity contribution is 6.09. The van der Waals surface area contributed by atoms with Gasteiger partial charge in [0, 0.05) is 5.69 Å². The van der Waals surface area contributed by atoms with Crippen molar-refractivity contribution in [3.05, 3.63) is 101 Å². The van der Waals surface area contributed by atoms with Gasteiger partial charge in [-0.3, -0.25) is 4.79 Å². The van der Waals surface area contributed by atoms with Crippen molar-refractivity contribution in [2.24, 2.45) is 0 Å². The van der Waals surface area contributed by atoms with Crippen LogP contribution in [0.4, 0.5) is 18.9 Å². The Hall–Kier alpha value is -4.05. The van der Waals surface area contributed by atoms with Gasteiger partial charge in [0.1, 0.15) is 24.0 Å². The Morgan fingerprint density at radius 2 is 1.78 bits per heavy atom. The Morgan fingerprint density at radius 1 is 1.06 bits per heavy atom. The highest BCUT2D eigenvalue weighted by Gasteiger charge is 2.30. The summed E-state index contributed by atoms with van der Waals surface area (Å²) in [7, 11) is 0. The predicted octanol–water partition coefficient (Wildman–Crippen LogP) is 6.14. The molecule has 0 unspecified atom stereocenters. The van der Waals surface area contributed by atoms with E-state index in [1.165, 1.54) is 18.2 Å². The van der Waals surface area contributed by atoms with Gasteiger partial charge in [0.2, 0.25) is 0 Å². The number of carbonyl (C=O) groups excluding carboxylic acids is 1. The van der Waals surface area contributed by atoms with Crippen molar-refractivity contribution < 1.29 is 22.7 Å². The van der Waals surface area contributed by atoms with E-state index >= 15 is 0 Å². The number of nitrogens with one attached hydrogen (secondary N) is 1. The second-order valence-corrected chi connectivity index (χ2v) is 7.05. The fraction of sp³-hybridized carbons (Fsp3) is 0.120. The van der Waals surface area contributed by atoms with Crippen molar-refractivity contribution in [3.8, 4) is 11.8 Å². The summed E-state index contributed by atoms with van der Waals surface area (Å²) in [5, 5.41) is 11.6. The number of anilines is 1. The minimum absolute atomic E-state index is 0.0501. The molecule has 0 spiro atoms. The number of halogens is 3. The zero-order valence-electron chi connectivity index (χ0n) is 17.1. The molecule has 1 N–H and O–H groups in total. The monoisotopic (exact) mass is 436 g/mol. The van der Waals surface area contributed by atoms with Crippen molar-refractivity contribution >= 4 is 17.7 Å². The van der Waals surface area contributed by atoms with Crippen LogP contribution in [0.1, 0.15) is 22.3 Å². The third-order valence-corrected chi connectivity index (χ3v) is 4.49. The molecule has 0 aromatic heterocycles. The number of aryl methyl sites for hydroxylation is 1. The number of amides is 1. The molecule has 4 nitrogen and oxygen atoms in total. The lowest BCUT2D eigenvalue weighted by molar-refractivity contribution is -0.137. The van der Waals surface area contributed by atoms with E-state index in [-0.39, 0.29) is 11.3 Å². The second kappa shape index (κ2) is 9.84. The van der Waals surface area contributed by atoms with Crippen LogP contribution in [0, 0.1) is 18.3 Å². The van der Waals surface area contributed by atoms with Crippen LogP contribution in [0.5, 0.6) is 5.75 Å². The Bertz CT molecular complexity index is 1180. The molecule has 0 radical (unpaired) electrons. The lowest BCUT2D eigenvalue weighted by atomic mass is 10.1. The quantitative estimate of drug-likeness (QED) is 0.373.